The third-order valence-electron chi connectivity index (χ3n) is 5.09. The molecule has 1 N–H and O–H groups in total. The molecule has 2 aliphatic rings. The van der Waals surface area contributed by atoms with E-state index in [1.54, 1.807) is 0 Å². The zero-order valence-electron chi connectivity index (χ0n) is 13.3. The first-order valence-electron chi connectivity index (χ1n) is 8.22. The lowest BCUT2D eigenvalue weighted by Gasteiger charge is -2.26. The standard InChI is InChI=1S/C19H23N3/c1-13-3-6-18-16(9-13)17-11-20-12-19(17)22(18)8-7-15-5-4-14(2)21-10-15/h3-6,9-10,17,19-20H,7-8,11-12H2,1-2H3/t17-,19-/m0/s1. The molecule has 2 atom stereocenters. The molecular formula is C19H23N3. The minimum Gasteiger partial charge on any atom is -0.366 e. The average Bonchev–Trinajstić information content (AvgIpc) is 3.08. The maximum Gasteiger partial charge on any atom is 0.0496 e. The Hall–Kier alpha value is -1.87. The Morgan fingerprint density at radius 1 is 1.18 bits per heavy atom. The molecule has 1 fully saturated rings. The van der Waals surface area contributed by atoms with Crippen LogP contribution in [0.15, 0.2) is 36.5 Å². The van der Waals surface area contributed by atoms with Gasteiger partial charge in [-0.1, -0.05) is 23.8 Å². The van der Waals surface area contributed by atoms with Crippen LogP contribution in [-0.2, 0) is 6.42 Å². The SMILES string of the molecule is Cc1ccc2c(c1)[C@@H]1CNC[C@@H]1N2CCc1ccc(C)nc1. The normalized spacial score (nSPS) is 22.7. The summed E-state index contributed by atoms with van der Waals surface area (Å²) in [5.41, 5.74) is 6.77. The van der Waals surface area contributed by atoms with E-state index in [9.17, 15) is 0 Å². The molecule has 1 aromatic heterocycles. The Morgan fingerprint density at radius 2 is 2.09 bits per heavy atom. The molecule has 22 heavy (non-hydrogen) atoms. The third-order valence-corrected chi connectivity index (χ3v) is 5.09. The van der Waals surface area contributed by atoms with Crippen LogP contribution in [0.1, 0.15) is 28.3 Å². The number of fused-ring (bicyclic) bond motifs is 3. The van der Waals surface area contributed by atoms with Crippen molar-refractivity contribution in [2.45, 2.75) is 32.2 Å². The van der Waals surface area contributed by atoms with Crippen molar-refractivity contribution in [3.8, 4) is 0 Å². The van der Waals surface area contributed by atoms with Gasteiger partial charge in [0.25, 0.3) is 0 Å². The Labute approximate surface area is 132 Å². The second-order valence-electron chi connectivity index (χ2n) is 6.65. The number of anilines is 1. The van der Waals surface area contributed by atoms with E-state index in [1.165, 1.54) is 22.4 Å². The van der Waals surface area contributed by atoms with E-state index in [1.807, 2.05) is 13.1 Å². The summed E-state index contributed by atoms with van der Waals surface area (Å²) < 4.78 is 0. The number of rotatable bonds is 3. The van der Waals surface area contributed by atoms with Gasteiger partial charge in [0.2, 0.25) is 0 Å². The number of hydrogen-bond donors (Lipinski definition) is 1. The van der Waals surface area contributed by atoms with E-state index >= 15 is 0 Å². The lowest BCUT2D eigenvalue weighted by atomic mass is 9.97. The van der Waals surface area contributed by atoms with E-state index in [0.717, 1.165) is 31.7 Å². The van der Waals surface area contributed by atoms with E-state index in [4.69, 9.17) is 0 Å². The fourth-order valence-corrected chi connectivity index (χ4v) is 3.90. The van der Waals surface area contributed by atoms with Crippen LogP contribution in [0.2, 0.25) is 0 Å². The van der Waals surface area contributed by atoms with Crippen molar-refractivity contribution < 1.29 is 0 Å². The van der Waals surface area contributed by atoms with Crippen molar-refractivity contribution in [1.29, 1.82) is 0 Å². The highest BCUT2D eigenvalue weighted by atomic mass is 15.2. The topological polar surface area (TPSA) is 28.2 Å². The van der Waals surface area contributed by atoms with Crippen LogP contribution in [-0.4, -0.2) is 30.7 Å². The number of benzene rings is 1. The number of aromatic nitrogens is 1. The fraction of sp³-hybridized carbons (Fsp3) is 0.421. The Bertz CT molecular complexity index is 678. The largest absolute Gasteiger partial charge is 0.366 e. The van der Waals surface area contributed by atoms with Crippen molar-refractivity contribution in [1.82, 2.24) is 10.3 Å². The van der Waals surface area contributed by atoms with Gasteiger partial charge in [-0.15, -0.1) is 0 Å². The van der Waals surface area contributed by atoms with Gasteiger partial charge in [-0.3, -0.25) is 4.98 Å². The molecule has 2 aliphatic heterocycles. The molecule has 3 heterocycles. The van der Waals surface area contributed by atoms with Gasteiger partial charge in [0.05, 0.1) is 0 Å². The smallest absolute Gasteiger partial charge is 0.0496 e. The minimum absolute atomic E-state index is 0.621. The van der Waals surface area contributed by atoms with Crippen molar-refractivity contribution in [3.63, 3.8) is 0 Å². The van der Waals surface area contributed by atoms with E-state index < -0.39 is 0 Å². The van der Waals surface area contributed by atoms with Crippen molar-refractivity contribution in [3.05, 3.63) is 58.9 Å². The molecule has 0 amide bonds. The summed E-state index contributed by atoms with van der Waals surface area (Å²) in [6.07, 6.45) is 3.08. The zero-order chi connectivity index (χ0) is 15.1. The van der Waals surface area contributed by atoms with Gasteiger partial charge in [-0.2, -0.15) is 0 Å². The summed E-state index contributed by atoms with van der Waals surface area (Å²) in [4.78, 5) is 7.03. The molecule has 114 valence electrons. The summed E-state index contributed by atoms with van der Waals surface area (Å²) in [5.74, 6) is 0.658. The molecule has 1 aromatic carbocycles. The molecule has 0 radical (unpaired) electrons. The molecule has 0 saturated carbocycles. The van der Waals surface area contributed by atoms with Gasteiger partial charge in [0.1, 0.15) is 0 Å². The first-order chi connectivity index (χ1) is 10.7. The van der Waals surface area contributed by atoms with Crippen LogP contribution in [0.5, 0.6) is 0 Å². The predicted molar refractivity (Wildman–Crippen MR) is 90.6 cm³/mol. The van der Waals surface area contributed by atoms with Gasteiger partial charge in [-0.25, -0.2) is 0 Å². The van der Waals surface area contributed by atoms with Crippen molar-refractivity contribution in [2.24, 2.45) is 0 Å². The minimum atomic E-state index is 0.621. The fourth-order valence-electron chi connectivity index (χ4n) is 3.90. The molecule has 0 bridgehead atoms. The van der Waals surface area contributed by atoms with Crippen LogP contribution in [0.3, 0.4) is 0 Å². The molecule has 3 heteroatoms. The highest BCUT2D eigenvalue weighted by Gasteiger charge is 2.40. The second kappa shape index (κ2) is 5.40. The van der Waals surface area contributed by atoms with Crippen molar-refractivity contribution in [2.75, 3.05) is 24.5 Å². The number of nitrogens with one attached hydrogen (secondary N) is 1. The molecule has 0 unspecified atom stereocenters. The van der Waals surface area contributed by atoms with Crippen LogP contribution in [0.4, 0.5) is 5.69 Å². The van der Waals surface area contributed by atoms with Gasteiger partial charge in [0.15, 0.2) is 0 Å². The van der Waals surface area contributed by atoms with Crippen LogP contribution in [0, 0.1) is 13.8 Å². The second-order valence-corrected chi connectivity index (χ2v) is 6.65. The highest BCUT2D eigenvalue weighted by Crippen LogP contribution is 2.42. The lowest BCUT2D eigenvalue weighted by Crippen LogP contribution is -2.36. The Kier molecular flexibility index (Phi) is 3.38. The molecule has 0 spiro atoms. The lowest BCUT2D eigenvalue weighted by molar-refractivity contribution is 0.620. The summed E-state index contributed by atoms with van der Waals surface area (Å²) >= 11 is 0. The maximum absolute atomic E-state index is 4.42. The molecular weight excluding hydrogens is 270 g/mol. The number of aryl methyl sites for hydroxylation is 2. The Morgan fingerprint density at radius 3 is 2.91 bits per heavy atom. The summed E-state index contributed by atoms with van der Waals surface area (Å²) in [5, 5.41) is 3.57. The van der Waals surface area contributed by atoms with E-state index in [-0.39, 0.29) is 0 Å². The highest BCUT2D eigenvalue weighted by molar-refractivity contribution is 5.64. The first kappa shape index (κ1) is 13.8. The van der Waals surface area contributed by atoms with Gasteiger partial charge < -0.3 is 10.2 Å². The zero-order valence-corrected chi connectivity index (χ0v) is 13.3. The Balaban J connectivity index is 1.57. The van der Waals surface area contributed by atoms with Crippen molar-refractivity contribution >= 4 is 5.69 Å². The van der Waals surface area contributed by atoms with Gasteiger partial charge >= 0.3 is 0 Å². The molecule has 3 nitrogen and oxygen atoms in total. The van der Waals surface area contributed by atoms with Gasteiger partial charge in [-0.05, 0) is 43.5 Å². The third kappa shape index (κ3) is 2.30. The molecule has 2 aromatic rings. The average molecular weight is 293 g/mol. The predicted octanol–water partition coefficient (Wildman–Crippen LogP) is 2.82. The van der Waals surface area contributed by atoms with E-state index in [0.29, 0.717) is 12.0 Å². The van der Waals surface area contributed by atoms with Crippen LogP contribution in [0.25, 0.3) is 0 Å². The number of hydrogen-bond acceptors (Lipinski definition) is 3. The summed E-state index contributed by atoms with van der Waals surface area (Å²) in [6.45, 7) is 7.52. The number of pyridine rings is 1. The van der Waals surface area contributed by atoms with Gasteiger partial charge in [0, 0.05) is 49.2 Å². The first-order valence-corrected chi connectivity index (χ1v) is 8.22. The van der Waals surface area contributed by atoms with Crippen LogP contribution >= 0.6 is 0 Å². The molecule has 0 aliphatic carbocycles. The molecule has 1 saturated heterocycles. The summed E-state index contributed by atoms with van der Waals surface area (Å²) in [7, 11) is 0. The monoisotopic (exact) mass is 293 g/mol. The molecule has 4 rings (SSSR count). The van der Waals surface area contributed by atoms with Crippen LogP contribution < -0.4 is 10.2 Å². The van der Waals surface area contributed by atoms with E-state index in [2.05, 4.69) is 52.5 Å². The summed E-state index contributed by atoms with van der Waals surface area (Å²) in [6, 6.07) is 11.9. The quantitative estimate of drug-likeness (QED) is 0.943. The maximum atomic E-state index is 4.42. The number of nitrogens with zero attached hydrogens (tertiary/aromatic N) is 2.